The zero-order valence-electron chi connectivity index (χ0n) is 16.7. The average Bonchev–Trinajstić information content (AvgIpc) is 3.37. The molecule has 0 N–H and O–H groups in total. The SMILES string of the molecule is N#CC1CCC(C2=NN(C(=O)Cc3ccc(Cl)c(Cl)c3)CC2N2CCCC2=O)CC1. The van der Waals surface area contributed by atoms with E-state index in [0.29, 0.717) is 29.6 Å². The number of hydrazone groups is 1. The summed E-state index contributed by atoms with van der Waals surface area (Å²) >= 11 is 12.0. The molecule has 0 aromatic heterocycles. The lowest BCUT2D eigenvalue weighted by atomic mass is 9.78. The van der Waals surface area contributed by atoms with Gasteiger partial charge in [0.1, 0.15) is 0 Å². The zero-order chi connectivity index (χ0) is 21.3. The quantitative estimate of drug-likeness (QED) is 0.699. The molecule has 1 atom stereocenters. The first-order valence-corrected chi connectivity index (χ1v) is 11.2. The van der Waals surface area contributed by atoms with Gasteiger partial charge in [-0.2, -0.15) is 10.4 Å². The van der Waals surface area contributed by atoms with Gasteiger partial charge in [-0.1, -0.05) is 29.3 Å². The number of carbonyl (C=O) groups excluding carboxylic acids is 2. The maximum absolute atomic E-state index is 13.0. The average molecular weight is 447 g/mol. The molecule has 1 aliphatic carbocycles. The summed E-state index contributed by atoms with van der Waals surface area (Å²) in [5, 5.41) is 16.3. The Bertz CT molecular complexity index is 918. The third-order valence-corrected chi connectivity index (χ3v) is 7.10. The first kappa shape index (κ1) is 21.1. The molecule has 8 heteroatoms. The van der Waals surface area contributed by atoms with Crippen molar-refractivity contribution in [3.63, 3.8) is 0 Å². The lowest BCUT2D eigenvalue weighted by Gasteiger charge is -2.31. The van der Waals surface area contributed by atoms with E-state index in [9.17, 15) is 14.9 Å². The Labute approximate surface area is 186 Å². The van der Waals surface area contributed by atoms with Crippen molar-refractivity contribution in [1.82, 2.24) is 9.91 Å². The molecule has 3 aliphatic rings. The summed E-state index contributed by atoms with van der Waals surface area (Å²) in [6.07, 6.45) is 5.03. The summed E-state index contributed by atoms with van der Waals surface area (Å²) in [6, 6.07) is 7.39. The summed E-state index contributed by atoms with van der Waals surface area (Å²) in [5.41, 5.74) is 1.71. The van der Waals surface area contributed by atoms with Gasteiger partial charge in [0.05, 0.1) is 40.8 Å². The normalized spacial score (nSPS) is 26.6. The maximum atomic E-state index is 13.0. The van der Waals surface area contributed by atoms with Crippen molar-refractivity contribution in [2.24, 2.45) is 16.9 Å². The molecule has 4 rings (SSSR count). The molecule has 1 saturated heterocycles. The second-order valence-corrected chi connectivity index (χ2v) is 9.12. The van der Waals surface area contributed by atoms with E-state index in [-0.39, 0.29) is 36.1 Å². The van der Waals surface area contributed by atoms with Crippen LogP contribution in [0.4, 0.5) is 0 Å². The molecule has 2 aliphatic heterocycles. The standard InChI is InChI=1S/C22H24Cl2N4O2/c23-17-8-5-15(10-18(17)24)11-21(30)28-13-19(27-9-1-2-20(27)29)22(26-28)16-6-3-14(12-25)4-7-16/h5,8,10,14,16,19H,1-4,6-7,9,11,13H2. The molecule has 1 unspecified atom stereocenters. The van der Waals surface area contributed by atoms with Gasteiger partial charge < -0.3 is 4.90 Å². The first-order valence-electron chi connectivity index (χ1n) is 10.5. The van der Waals surface area contributed by atoms with E-state index in [1.165, 1.54) is 5.01 Å². The molecule has 6 nitrogen and oxygen atoms in total. The van der Waals surface area contributed by atoms with E-state index >= 15 is 0 Å². The van der Waals surface area contributed by atoms with Crippen LogP contribution in [0.2, 0.25) is 10.0 Å². The highest BCUT2D eigenvalue weighted by molar-refractivity contribution is 6.42. The van der Waals surface area contributed by atoms with E-state index in [1.54, 1.807) is 18.2 Å². The number of halogens is 2. The summed E-state index contributed by atoms with van der Waals surface area (Å²) in [4.78, 5) is 27.3. The molecule has 1 aromatic rings. The van der Waals surface area contributed by atoms with Crippen molar-refractivity contribution in [2.75, 3.05) is 13.1 Å². The summed E-state index contributed by atoms with van der Waals surface area (Å²) in [5.74, 6) is 0.334. The minimum Gasteiger partial charge on any atom is -0.332 e. The molecule has 0 spiro atoms. The van der Waals surface area contributed by atoms with Gasteiger partial charge in [-0.05, 0) is 49.8 Å². The van der Waals surface area contributed by atoms with Crippen LogP contribution in [0.1, 0.15) is 44.1 Å². The predicted octanol–water partition coefficient (Wildman–Crippen LogP) is 4.06. The van der Waals surface area contributed by atoms with Crippen molar-refractivity contribution in [1.29, 1.82) is 5.26 Å². The fraction of sp³-hybridized carbons (Fsp3) is 0.545. The van der Waals surface area contributed by atoms with Crippen LogP contribution >= 0.6 is 23.2 Å². The summed E-state index contributed by atoms with van der Waals surface area (Å²) in [6.45, 7) is 1.12. The highest BCUT2D eigenvalue weighted by Gasteiger charge is 2.41. The summed E-state index contributed by atoms with van der Waals surface area (Å²) < 4.78 is 0. The first-order chi connectivity index (χ1) is 14.5. The van der Waals surface area contributed by atoms with Crippen LogP contribution < -0.4 is 0 Å². The zero-order valence-corrected chi connectivity index (χ0v) is 18.2. The molecule has 30 heavy (non-hydrogen) atoms. The van der Waals surface area contributed by atoms with Crippen LogP contribution in [0.5, 0.6) is 0 Å². The second-order valence-electron chi connectivity index (χ2n) is 8.31. The Kier molecular flexibility index (Phi) is 6.31. The molecule has 0 radical (unpaired) electrons. The molecule has 2 fully saturated rings. The fourth-order valence-corrected chi connectivity index (χ4v) is 5.03. The van der Waals surface area contributed by atoms with Crippen molar-refractivity contribution >= 4 is 40.7 Å². The molecular weight excluding hydrogens is 423 g/mol. The smallest absolute Gasteiger partial charge is 0.247 e. The second kappa shape index (κ2) is 8.95. The van der Waals surface area contributed by atoms with Crippen molar-refractivity contribution in [3.05, 3.63) is 33.8 Å². The van der Waals surface area contributed by atoms with Crippen LogP contribution in [0.3, 0.4) is 0 Å². The molecule has 0 bridgehead atoms. The van der Waals surface area contributed by atoms with E-state index in [4.69, 9.17) is 28.3 Å². The molecule has 1 aromatic carbocycles. The molecule has 2 heterocycles. The Balaban J connectivity index is 1.52. The highest BCUT2D eigenvalue weighted by Crippen LogP contribution is 2.34. The monoisotopic (exact) mass is 446 g/mol. The number of rotatable bonds is 4. The predicted molar refractivity (Wildman–Crippen MR) is 115 cm³/mol. The van der Waals surface area contributed by atoms with Crippen LogP contribution in [0.25, 0.3) is 0 Å². The maximum Gasteiger partial charge on any atom is 0.247 e. The minimum atomic E-state index is -0.151. The number of nitriles is 1. The van der Waals surface area contributed by atoms with Gasteiger partial charge in [-0.3, -0.25) is 9.59 Å². The number of carbonyl (C=O) groups is 2. The number of likely N-dealkylation sites (tertiary alicyclic amines) is 1. The van der Waals surface area contributed by atoms with Gasteiger partial charge in [0, 0.05) is 24.8 Å². The lowest BCUT2D eigenvalue weighted by Crippen LogP contribution is -2.46. The minimum absolute atomic E-state index is 0.0995. The van der Waals surface area contributed by atoms with Crippen LogP contribution in [0.15, 0.2) is 23.3 Å². The lowest BCUT2D eigenvalue weighted by molar-refractivity contribution is -0.133. The Morgan fingerprint density at radius 3 is 2.60 bits per heavy atom. The number of amides is 2. The number of hydrogen-bond donors (Lipinski definition) is 0. The van der Waals surface area contributed by atoms with Gasteiger partial charge in [0.2, 0.25) is 11.8 Å². The number of benzene rings is 1. The highest BCUT2D eigenvalue weighted by atomic mass is 35.5. The topological polar surface area (TPSA) is 76.8 Å². The molecule has 158 valence electrons. The van der Waals surface area contributed by atoms with Crippen molar-refractivity contribution < 1.29 is 9.59 Å². The molecule has 2 amide bonds. The third kappa shape index (κ3) is 4.33. The fourth-order valence-electron chi connectivity index (χ4n) is 4.71. The largest absolute Gasteiger partial charge is 0.332 e. The van der Waals surface area contributed by atoms with Crippen LogP contribution in [0, 0.1) is 23.2 Å². The Hall–Kier alpha value is -2.10. The Morgan fingerprint density at radius 2 is 1.97 bits per heavy atom. The molecule has 1 saturated carbocycles. The van der Waals surface area contributed by atoms with E-state index < -0.39 is 0 Å². The van der Waals surface area contributed by atoms with Crippen LogP contribution in [-0.4, -0.2) is 46.6 Å². The molecular formula is C22H24Cl2N4O2. The summed E-state index contributed by atoms with van der Waals surface area (Å²) in [7, 11) is 0. The van der Waals surface area contributed by atoms with Crippen molar-refractivity contribution in [3.8, 4) is 6.07 Å². The van der Waals surface area contributed by atoms with Gasteiger partial charge in [0.15, 0.2) is 0 Å². The van der Waals surface area contributed by atoms with Crippen molar-refractivity contribution in [2.45, 2.75) is 51.0 Å². The van der Waals surface area contributed by atoms with E-state index in [1.807, 2.05) is 4.90 Å². The van der Waals surface area contributed by atoms with E-state index in [2.05, 4.69) is 6.07 Å². The Morgan fingerprint density at radius 1 is 1.20 bits per heavy atom. The van der Waals surface area contributed by atoms with Gasteiger partial charge in [0.25, 0.3) is 0 Å². The number of hydrogen-bond acceptors (Lipinski definition) is 4. The van der Waals surface area contributed by atoms with Gasteiger partial charge >= 0.3 is 0 Å². The van der Waals surface area contributed by atoms with Gasteiger partial charge in [-0.25, -0.2) is 5.01 Å². The van der Waals surface area contributed by atoms with Crippen LogP contribution in [-0.2, 0) is 16.0 Å². The van der Waals surface area contributed by atoms with Gasteiger partial charge in [-0.15, -0.1) is 0 Å². The van der Waals surface area contributed by atoms with E-state index in [0.717, 1.165) is 43.4 Å². The third-order valence-electron chi connectivity index (χ3n) is 6.36. The number of nitrogens with zero attached hydrogens (tertiary/aromatic N) is 4.